The Morgan fingerprint density at radius 1 is 1.00 bits per heavy atom. The molecule has 2 aliphatic rings. The number of hydrogen-bond donors (Lipinski definition) is 0. The molecule has 0 unspecified atom stereocenters. The van der Waals surface area contributed by atoms with Gasteiger partial charge in [0.05, 0.1) is 0 Å². The smallest absolute Gasteiger partial charge is 0.270 e. The van der Waals surface area contributed by atoms with Gasteiger partial charge in [-0.15, -0.1) is 0 Å². The minimum absolute atomic E-state index is 0.00702. The van der Waals surface area contributed by atoms with E-state index in [1.54, 1.807) is 30.1 Å². The summed E-state index contributed by atoms with van der Waals surface area (Å²) in [6, 6.07) is 7.60. The predicted molar refractivity (Wildman–Crippen MR) is 139 cm³/mol. The first-order valence-corrected chi connectivity index (χ1v) is 14.0. The number of Topliss-reactive ketones (excluding diaryl/α,β-unsaturated/α-hetero) is 2. The van der Waals surface area contributed by atoms with Crippen molar-refractivity contribution in [3.05, 3.63) is 59.2 Å². The van der Waals surface area contributed by atoms with Gasteiger partial charge in [0.25, 0.3) is 5.91 Å². The van der Waals surface area contributed by atoms with Crippen LogP contribution in [0.5, 0.6) is 0 Å². The Morgan fingerprint density at radius 2 is 1.65 bits per heavy atom. The minimum Gasteiger partial charge on any atom is -0.343 e. The fraction of sp³-hybridized carbons (Fsp3) is 0.500. The van der Waals surface area contributed by atoms with E-state index in [1.807, 2.05) is 15.7 Å². The highest BCUT2D eigenvalue weighted by Gasteiger charge is 2.28. The molecular weight excluding hydrogens is 548 g/mol. The maximum atomic E-state index is 13.1. The molecule has 0 bridgehead atoms. The van der Waals surface area contributed by atoms with Gasteiger partial charge >= 0.3 is 0 Å². The molecule has 0 atom stereocenters. The molecule has 2 aliphatic heterocycles. The molecule has 0 saturated carbocycles. The van der Waals surface area contributed by atoms with Gasteiger partial charge in [0.15, 0.2) is 11.6 Å². The number of hydrogen-bond acceptors (Lipinski definition) is 4. The molecule has 0 spiro atoms. The maximum Gasteiger partial charge on any atom is 0.270 e. The molecule has 0 radical (unpaired) electrons. The molecule has 2 aromatic rings. The minimum atomic E-state index is -0.324. The zero-order valence-electron chi connectivity index (χ0n) is 19.9. The normalized spacial score (nSPS) is 17.1. The van der Waals surface area contributed by atoms with Gasteiger partial charge in [-0.1, -0.05) is 22.6 Å². The van der Waals surface area contributed by atoms with Crippen molar-refractivity contribution in [2.24, 2.45) is 5.92 Å². The van der Waals surface area contributed by atoms with Crippen molar-refractivity contribution in [3.63, 3.8) is 0 Å². The number of carbonyl (C=O) groups is 3. The summed E-state index contributed by atoms with van der Waals surface area (Å²) in [5, 5.41) is 0. The van der Waals surface area contributed by atoms with Gasteiger partial charge < -0.3 is 14.4 Å². The topological polar surface area (TPSA) is 62.6 Å². The Kier molecular flexibility index (Phi) is 9.82. The summed E-state index contributed by atoms with van der Waals surface area (Å²) in [4.78, 5) is 43.5. The number of nitrogens with zero attached hydrogens (tertiary/aromatic N) is 3. The van der Waals surface area contributed by atoms with Gasteiger partial charge in [-0.3, -0.25) is 14.4 Å². The molecule has 1 aromatic carbocycles. The standard InChI is InChI=1S/C25H30FN3O3.CH3I/c1-27-14-11-22(30)21-10-17-29(23(21)25(27)32)13-3-2-12-28-15-8-19(9-16-28)24(31)18-4-6-20(26)7-5-18;1-2/h4-7,10,17,19H,2-3,8-9,11-16H2,1H3;1H3. The zero-order valence-corrected chi connectivity index (χ0v) is 22.1. The van der Waals surface area contributed by atoms with Crippen molar-refractivity contribution < 1.29 is 18.8 Å². The molecular formula is C26H33FIN3O3. The highest BCUT2D eigenvalue weighted by Crippen LogP contribution is 2.23. The van der Waals surface area contributed by atoms with Crippen LogP contribution < -0.4 is 0 Å². The van der Waals surface area contributed by atoms with Crippen LogP contribution in [0.3, 0.4) is 0 Å². The number of alkyl halides is 1. The summed E-state index contributed by atoms with van der Waals surface area (Å²) in [7, 11) is 1.74. The van der Waals surface area contributed by atoms with Gasteiger partial charge in [0.2, 0.25) is 0 Å². The summed E-state index contributed by atoms with van der Waals surface area (Å²) in [5.41, 5.74) is 1.66. The van der Waals surface area contributed by atoms with Gasteiger partial charge in [-0.05, 0) is 80.6 Å². The second-order valence-corrected chi connectivity index (χ2v) is 8.87. The maximum absolute atomic E-state index is 13.1. The van der Waals surface area contributed by atoms with E-state index < -0.39 is 0 Å². The van der Waals surface area contributed by atoms with E-state index in [9.17, 15) is 18.8 Å². The summed E-state index contributed by atoms with van der Waals surface area (Å²) in [6.45, 7) is 3.89. The van der Waals surface area contributed by atoms with Crippen LogP contribution in [0.1, 0.15) is 63.3 Å². The summed E-state index contributed by atoms with van der Waals surface area (Å²) < 4.78 is 15.0. The van der Waals surface area contributed by atoms with E-state index in [4.69, 9.17) is 0 Å². The van der Waals surface area contributed by atoms with E-state index in [0.717, 1.165) is 45.3 Å². The fourth-order valence-corrected chi connectivity index (χ4v) is 4.69. The Labute approximate surface area is 214 Å². The first-order valence-electron chi connectivity index (χ1n) is 11.8. The zero-order chi connectivity index (χ0) is 24.7. The molecule has 1 aromatic heterocycles. The van der Waals surface area contributed by atoms with Crippen molar-refractivity contribution in [3.8, 4) is 0 Å². The SMILES string of the molecule is CI.CN1CCC(=O)c2ccn(CCCCN3CCC(C(=O)c4ccc(F)cc4)CC3)c2C1=O. The van der Waals surface area contributed by atoms with Gasteiger partial charge in [0.1, 0.15) is 11.5 Å². The third kappa shape index (κ3) is 6.33. The van der Waals surface area contributed by atoms with Crippen molar-refractivity contribution in [1.29, 1.82) is 0 Å². The molecule has 34 heavy (non-hydrogen) atoms. The number of ketones is 2. The molecule has 4 rings (SSSR count). The number of halogens is 2. The second-order valence-electron chi connectivity index (χ2n) is 8.87. The number of aromatic nitrogens is 1. The Bertz CT molecular complexity index is 997. The number of piperidine rings is 1. The largest absolute Gasteiger partial charge is 0.343 e. The highest BCUT2D eigenvalue weighted by molar-refractivity contribution is 14.1. The van der Waals surface area contributed by atoms with Gasteiger partial charge in [0, 0.05) is 49.8 Å². The van der Waals surface area contributed by atoms with Crippen molar-refractivity contribution in [2.75, 3.05) is 38.2 Å². The number of carbonyl (C=O) groups excluding carboxylic acids is 3. The molecule has 3 heterocycles. The van der Waals surface area contributed by atoms with Crippen LogP contribution in [0, 0.1) is 11.7 Å². The van der Waals surface area contributed by atoms with Crippen LogP contribution in [0.2, 0.25) is 0 Å². The lowest BCUT2D eigenvalue weighted by atomic mass is 9.89. The molecule has 1 amide bonds. The highest BCUT2D eigenvalue weighted by atomic mass is 127. The summed E-state index contributed by atoms with van der Waals surface area (Å²) in [6.07, 6.45) is 5.78. The summed E-state index contributed by atoms with van der Waals surface area (Å²) in [5.74, 6) is -0.247. The fourth-order valence-electron chi connectivity index (χ4n) is 4.69. The van der Waals surface area contributed by atoms with E-state index in [2.05, 4.69) is 27.5 Å². The van der Waals surface area contributed by atoms with Crippen LogP contribution in [-0.2, 0) is 6.54 Å². The predicted octanol–water partition coefficient (Wildman–Crippen LogP) is 4.71. The molecule has 1 saturated heterocycles. The van der Waals surface area contributed by atoms with E-state index in [1.165, 1.54) is 12.1 Å². The van der Waals surface area contributed by atoms with Crippen molar-refractivity contribution in [2.45, 2.75) is 38.6 Å². The first-order chi connectivity index (χ1) is 16.4. The third-order valence-electron chi connectivity index (χ3n) is 6.70. The van der Waals surface area contributed by atoms with Crippen LogP contribution in [0.25, 0.3) is 0 Å². The number of unbranched alkanes of at least 4 members (excludes halogenated alkanes) is 1. The van der Waals surface area contributed by atoms with E-state index in [-0.39, 0.29) is 29.2 Å². The molecule has 0 N–H and O–H groups in total. The number of fused-ring (bicyclic) bond motifs is 1. The lowest BCUT2D eigenvalue weighted by Crippen LogP contribution is -2.37. The molecule has 1 fully saturated rings. The number of aryl methyl sites for hydroxylation is 1. The van der Waals surface area contributed by atoms with Gasteiger partial charge in [-0.2, -0.15) is 0 Å². The third-order valence-corrected chi connectivity index (χ3v) is 6.70. The first kappa shape index (κ1) is 26.5. The Hall–Kier alpha value is -2.07. The van der Waals surface area contributed by atoms with E-state index >= 15 is 0 Å². The molecule has 8 heteroatoms. The van der Waals surface area contributed by atoms with Crippen LogP contribution in [0.15, 0.2) is 36.5 Å². The molecule has 6 nitrogen and oxygen atoms in total. The van der Waals surface area contributed by atoms with E-state index in [0.29, 0.717) is 36.3 Å². The van der Waals surface area contributed by atoms with Crippen molar-refractivity contribution >= 4 is 40.1 Å². The quantitative estimate of drug-likeness (QED) is 0.206. The number of likely N-dealkylation sites (tertiary alicyclic amines) is 1. The average Bonchev–Trinajstić information content (AvgIpc) is 3.26. The Balaban J connectivity index is 0.00000158. The van der Waals surface area contributed by atoms with Crippen LogP contribution in [-0.4, -0.2) is 70.0 Å². The van der Waals surface area contributed by atoms with Crippen molar-refractivity contribution in [1.82, 2.24) is 14.4 Å². The lowest BCUT2D eigenvalue weighted by molar-refractivity contribution is 0.0785. The number of amides is 1. The lowest BCUT2D eigenvalue weighted by Gasteiger charge is -2.31. The Morgan fingerprint density at radius 3 is 2.32 bits per heavy atom. The molecule has 0 aliphatic carbocycles. The summed E-state index contributed by atoms with van der Waals surface area (Å²) >= 11 is 2.15. The monoisotopic (exact) mass is 581 g/mol. The second kappa shape index (κ2) is 12.6. The van der Waals surface area contributed by atoms with Gasteiger partial charge in [-0.25, -0.2) is 4.39 Å². The molecule has 184 valence electrons. The number of rotatable bonds is 7. The van der Waals surface area contributed by atoms with Crippen LogP contribution in [0.4, 0.5) is 4.39 Å². The average molecular weight is 581 g/mol. The number of benzene rings is 1. The van der Waals surface area contributed by atoms with Crippen LogP contribution >= 0.6 is 22.6 Å².